The summed E-state index contributed by atoms with van der Waals surface area (Å²) in [5, 5.41) is 8.99. The molecule has 1 N–H and O–H groups in total. The minimum Gasteiger partial charge on any atom is -0.392 e. The molecule has 0 radical (unpaired) electrons. The van der Waals surface area contributed by atoms with Crippen LogP contribution in [0.15, 0.2) is 18.2 Å². The van der Waals surface area contributed by atoms with Crippen molar-refractivity contribution in [2.45, 2.75) is 27.4 Å². The lowest BCUT2D eigenvalue weighted by molar-refractivity contribution is 0.282. The highest BCUT2D eigenvalue weighted by Crippen LogP contribution is 2.20. The highest BCUT2D eigenvalue weighted by atomic mass is 16.3. The van der Waals surface area contributed by atoms with Gasteiger partial charge < -0.3 is 10.0 Å². The summed E-state index contributed by atoms with van der Waals surface area (Å²) in [5.41, 5.74) is 3.49. The van der Waals surface area contributed by atoms with E-state index in [0.29, 0.717) is 0 Å². The zero-order valence-corrected chi connectivity index (χ0v) is 9.25. The van der Waals surface area contributed by atoms with E-state index in [1.807, 2.05) is 12.1 Å². The molecule has 0 aromatic heterocycles. The predicted molar refractivity (Wildman–Crippen MR) is 60.7 cm³/mol. The molecule has 0 saturated carbocycles. The van der Waals surface area contributed by atoms with Crippen LogP contribution in [0.2, 0.25) is 0 Å². The summed E-state index contributed by atoms with van der Waals surface area (Å²) in [6, 6.07) is 6.13. The molecule has 0 aliphatic heterocycles. The first kappa shape index (κ1) is 11.1. The third-order valence-corrected chi connectivity index (χ3v) is 2.55. The van der Waals surface area contributed by atoms with E-state index in [9.17, 15) is 0 Å². The first-order valence-corrected chi connectivity index (χ1v) is 5.18. The molecule has 0 heterocycles. The van der Waals surface area contributed by atoms with Gasteiger partial charge in [-0.05, 0) is 38.0 Å². The Morgan fingerprint density at radius 2 is 1.86 bits per heavy atom. The van der Waals surface area contributed by atoms with Gasteiger partial charge >= 0.3 is 0 Å². The molecule has 0 fully saturated rings. The molecule has 0 atom stereocenters. The third kappa shape index (κ3) is 2.26. The SMILES string of the molecule is CCN(CC)c1ccc(CO)cc1C. The van der Waals surface area contributed by atoms with Crippen LogP contribution in [0.3, 0.4) is 0 Å². The van der Waals surface area contributed by atoms with Crippen LogP contribution in [0.25, 0.3) is 0 Å². The van der Waals surface area contributed by atoms with Crippen LogP contribution in [-0.4, -0.2) is 18.2 Å². The Labute approximate surface area is 86.2 Å². The quantitative estimate of drug-likeness (QED) is 0.793. The summed E-state index contributed by atoms with van der Waals surface area (Å²) in [6.45, 7) is 8.57. The van der Waals surface area contributed by atoms with Crippen molar-refractivity contribution in [3.8, 4) is 0 Å². The normalized spacial score (nSPS) is 10.3. The number of hydrogen-bond acceptors (Lipinski definition) is 2. The molecule has 1 aromatic carbocycles. The van der Waals surface area contributed by atoms with Crippen molar-refractivity contribution in [2.24, 2.45) is 0 Å². The highest BCUT2D eigenvalue weighted by molar-refractivity contribution is 5.54. The maximum absolute atomic E-state index is 8.99. The molecular formula is C12H19NO. The first-order chi connectivity index (χ1) is 6.72. The first-order valence-electron chi connectivity index (χ1n) is 5.18. The van der Waals surface area contributed by atoms with Gasteiger partial charge in [-0.1, -0.05) is 12.1 Å². The largest absolute Gasteiger partial charge is 0.392 e. The fourth-order valence-electron chi connectivity index (χ4n) is 1.74. The van der Waals surface area contributed by atoms with Crippen molar-refractivity contribution in [3.63, 3.8) is 0 Å². The van der Waals surface area contributed by atoms with Crippen molar-refractivity contribution in [3.05, 3.63) is 29.3 Å². The van der Waals surface area contributed by atoms with Gasteiger partial charge in [0.05, 0.1) is 6.61 Å². The van der Waals surface area contributed by atoms with E-state index >= 15 is 0 Å². The Kier molecular flexibility index (Phi) is 3.96. The molecule has 2 nitrogen and oxygen atoms in total. The van der Waals surface area contributed by atoms with E-state index in [1.165, 1.54) is 11.3 Å². The average Bonchev–Trinajstić information content (AvgIpc) is 2.22. The Morgan fingerprint density at radius 1 is 1.21 bits per heavy atom. The number of nitrogens with zero attached hydrogens (tertiary/aromatic N) is 1. The topological polar surface area (TPSA) is 23.5 Å². The van der Waals surface area contributed by atoms with Crippen LogP contribution >= 0.6 is 0 Å². The number of aryl methyl sites for hydroxylation is 1. The highest BCUT2D eigenvalue weighted by Gasteiger charge is 2.05. The van der Waals surface area contributed by atoms with Gasteiger partial charge in [-0.3, -0.25) is 0 Å². The molecular weight excluding hydrogens is 174 g/mol. The number of aliphatic hydroxyl groups is 1. The Morgan fingerprint density at radius 3 is 2.29 bits per heavy atom. The molecule has 0 saturated heterocycles. The molecule has 0 aliphatic rings. The van der Waals surface area contributed by atoms with Crippen molar-refractivity contribution in [1.29, 1.82) is 0 Å². The van der Waals surface area contributed by atoms with Gasteiger partial charge in [0.2, 0.25) is 0 Å². The van der Waals surface area contributed by atoms with E-state index in [4.69, 9.17) is 5.11 Å². The lowest BCUT2D eigenvalue weighted by Crippen LogP contribution is -2.22. The van der Waals surface area contributed by atoms with Crippen LogP contribution < -0.4 is 4.90 Å². The summed E-state index contributed by atoms with van der Waals surface area (Å²) < 4.78 is 0. The van der Waals surface area contributed by atoms with Gasteiger partial charge in [0.15, 0.2) is 0 Å². The lowest BCUT2D eigenvalue weighted by Gasteiger charge is -2.23. The third-order valence-electron chi connectivity index (χ3n) is 2.55. The van der Waals surface area contributed by atoms with Gasteiger partial charge in [0.25, 0.3) is 0 Å². The molecule has 78 valence electrons. The Bertz CT molecular complexity index is 292. The molecule has 1 aromatic rings. The summed E-state index contributed by atoms with van der Waals surface area (Å²) >= 11 is 0. The molecule has 0 aliphatic carbocycles. The predicted octanol–water partition coefficient (Wildman–Crippen LogP) is 2.33. The second-order valence-corrected chi connectivity index (χ2v) is 3.45. The number of aliphatic hydroxyl groups excluding tert-OH is 1. The fraction of sp³-hybridized carbons (Fsp3) is 0.500. The second kappa shape index (κ2) is 5.01. The lowest BCUT2D eigenvalue weighted by atomic mass is 10.1. The van der Waals surface area contributed by atoms with Gasteiger partial charge in [0, 0.05) is 18.8 Å². The van der Waals surface area contributed by atoms with Gasteiger partial charge in [-0.25, -0.2) is 0 Å². The average molecular weight is 193 g/mol. The zero-order chi connectivity index (χ0) is 10.6. The molecule has 2 heteroatoms. The molecule has 0 bridgehead atoms. The summed E-state index contributed by atoms with van der Waals surface area (Å²) in [6.07, 6.45) is 0. The van der Waals surface area contributed by atoms with E-state index in [0.717, 1.165) is 18.7 Å². The van der Waals surface area contributed by atoms with Crippen LogP contribution in [-0.2, 0) is 6.61 Å². The van der Waals surface area contributed by atoms with E-state index < -0.39 is 0 Å². The molecule has 14 heavy (non-hydrogen) atoms. The standard InChI is InChI=1S/C12H19NO/c1-4-13(5-2)12-7-6-11(9-14)8-10(12)3/h6-8,14H,4-5,9H2,1-3H3. The monoisotopic (exact) mass is 193 g/mol. The molecule has 0 unspecified atom stereocenters. The van der Waals surface area contributed by atoms with Crippen molar-refractivity contribution in [1.82, 2.24) is 0 Å². The minimum absolute atomic E-state index is 0.124. The summed E-state index contributed by atoms with van der Waals surface area (Å²) in [5.74, 6) is 0. The number of rotatable bonds is 4. The van der Waals surface area contributed by atoms with E-state index in [-0.39, 0.29) is 6.61 Å². The van der Waals surface area contributed by atoms with Crippen LogP contribution in [0.5, 0.6) is 0 Å². The maximum atomic E-state index is 8.99. The molecule has 0 amide bonds. The van der Waals surface area contributed by atoms with E-state index in [2.05, 4.69) is 31.7 Å². The van der Waals surface area contributed by atoms with Crippen LogP contribution in [0.1, 0.15) is 25.0 Å². The summed E-state index contributed by atoms with van der Waals surface area (Å²) in [4.78, 5) is 2.32. The summed E-state index contributed by atoms with van der Waals surface area (Å²) in [7, 11) is 0. The second-order valence-electron chi connectivity index (χ2n) is 3.45. The maximum Gasteiger partial charge on any atom is 0.0681 e. The number of hydrogen-bond donors (Lipinski definition) is 1. The Hall–Kier alpha value is -1.02. The van der Waals surface area contributed by atoms with Gasteiger partial charge in [-0.2, -0.15) is 0 Å². The van der Waals surface area contributed by atoms with Crippen LogP contribution in [0, 0.1) is 6.92 Å². The van der Waals surface area contributed by atoms with Crippen LogP contribution in [0.4, 0.5) is 5.69 Å². The number of anilines is 1. The van der Waals surface area contributed by atoms with Gasteiger partial charge in [-0.15, -0.1) is 0 Å². The van der Waals surface area contributed by atoms with Gasteiger partial charge in [0.1, 0.15) is 0 Å². The Balaban J connectivity index is 2.98. The number of benzene rings is 1. The smallest absolute Gasteiger partial charge is 0.0681 e. The molecule has 0 spiro atoms. The fourth-order valence-corrected chi connectivity index (χ4v) is 1.74. The van der Waals surface area contributed by atoms with Crippen molar-refractivity contribution < 1.29 is 5.11 Å². The minimum atomic E-state index is 0.124. The van der Waals surface area contributed by atoms with Crippen molar-refractivity contribution >= 4 is 5.69 Å². The molecule has 1 rings (SSSR count). The van der Waals surface area contributed by atoms with Crippen molar-refractivity contribution in [2.75, 3.05) is 18.0 Å². The van der Waals surface area contributed by atoms with E-state index in [1.54, 1.807) is 0 Å². The zero-order valence-electron chi connectivity index (χ0n) is 9.25.